The highest BCUT2D eigenvalue weighted by Gasteiger charge is 2.33. The second-order valence-corrected chi connectivity index (χ2v) is 7.29. The monoisotopic (exact) mass is 375 g/mol. The number of rotatable bonds is 8. The van der Waals surface area contributed by atoms with Gasteiger partial charge < -0.3 is 15.0 Å². The number of likely N-dealkylation sites (N-methyl/N-ethyl adjacent to an activating group) is 1. The van der Waals surface area contributed by atoms with Crippen molar-refractivity contribution in [2.45, 2.75) is 32.9 Å². The molecule has 1 heterocycles. The highest BCUT2D eigenvalue weighted by molar-refractivity contribution is 5.88. The van der Waals surface area contributed by atoms with E-state index in [1.807, 2.05) is 44.2 Å². The molecular weight excluding hydrogens is 346 g/mol. The van der Waals surface area contributed by atoms with Crippen LogP contribution in [0.2, 0.25) is 0 Å². The topological polar surface area (TPSA) is 79.0 Å². The van der Waals surface area contributed by atoms with E-state index in [0.29, 0.717) is 26.2 Å². The summed E-state index contributed by atoms with van der Waals surface area (Å²) in [4.78, 5) is 40.3. The van der Waals surface area contributed by atoms with E-state index in [2.05, 4.69) is 5.32 Å². The fourth-order valence-electron chi connectivity index (χ4n) is 2.89. The Morgan fingerprint density at radius 2 is 2.00 bits per heavy atom. The first-order valence-electron chi connectivity index (χ1n) is 9.32. The second kappa shape index (κ2) is 10.1. The molecule has 1 atom stereocenters. The molecule has 7 nitrogen and oxygen atoms in total. The molecule has 0 radical (unpaired) electrons. The number of amides is 2. The van der Waals surface area contributed by atoms with E-state index in [9.17, 15) is 14.4 Å². The van der Waals surface area contributed by atoms with Crippen molar-refractivity contribution in [3.8, 4) is 0 Å². The minimum atomic E-state index is -0.674. The van der Waals surface area contributed by atoms with Gasteiger partial charge in [0.2, 0.25) is 11.8 Å². The average Bonchev–Trinajstić information content (AvgIpc) is 2.63. The molecular formula is C20H29N3O4. The molecule has 1 fully saturated rings. The zero-order valence-corrected chi connectivity index (χ0v) is 16.3. The smallest absolute Gasteiger partial charge is 0.307 e. The first kappa shape index (κ1) is 20.9. The van der Waals surface area contributed by atoms with Gasteiger partial charge in [-0.3, -0.25) is 19.3 Å². The zero-order chi connectivity index (χ0) is 19.8. The second-order valence-electron chi connectivity index (χ2n) is 7.29. The van der Waals surface area contributed by atoms with Crippen LogP contribution in [0.5, 0.6) is 0 Å². The Morgan fingerprint density at radius 3 is 2.67 bits per heavy atom. The number of nitrogens with zero attached hydrogens (tertiary/aromatic N) is 2. The van der Waals surface area contributed by atoms with Gasteiger partial charge in [-0.2, -0.15) is 0 Å². The lowest BCUT2D eigenvalue weighted by molar-refractivity contribution is -0.150. The van der Waals surface area contributed by atoms with E-state index >= 15 is 0 Å². The van der Waals surface area contributed by atoms with Gasteiger partial charge in [-0.1, -0.05) is 44.2 Å². The quantitative estimate of drug-likeness (QED) is 0.687. The molecule has 0 aromatic heterocycles. The third-order valence-electron chi connectivity index (χ3n) is 4.41. The standard InChI is InChI=1S/C20H29N3O4/c1-15(2)14-27-19(25)11-17-20(26)21-9-10-23(17)13-18(24)22(3)12-16-7-5-4-6-8-16/h4-8,15,17H,9-14H2,1-3H3,(H,21,26). The highest BCUT2D eigenvalue weighted by atomic mass is 16.5. The molecule has 1 aromatic rings. The van der Waals surface area contributed by atoms with Crippen LogP contribution in [0.4, 0.5) is 0 Å². The van der Waals surface area contributed by atoms with Crippen molar-refractivity contribution >= 4 is 17.8 Å². The Kier molecular flexibility index (Phi) is 7.79. The summed E-state index contributed by atoms with van der Waals surface area (Å²) >= 11 is 0. The third kappa shape index (κ3) is 6.67. The molecule has 2 rings (SSSR count). The van der Waals surface area contributed by atoms with E-state index in [-0.39, 0.29) is 30.7 Å². The lowest BCUT2D eigenvalue weighted by Crippen LogP contribution is -2.58. The van der Waals surface area contributed by atoms with Crippen molar-refractivity contribution in [3.63, 3.8) is 0 Å². The van der Waals surface area contributed by atoms with E-state index in [0.717, 1.165) is 5.56 Å². The molecule has 1 aromatic carbocycles. The van der Waals surface area contributed by atoms with E-state index < -0.39 is 12.0 Å². The van der Waals surface area contributed by atoms with Crippen LogP contribution in [0.3, 0.4) is 0 Å². The maximum absolute atomic E-state index is 12.6. The van der Waals surface area contributed by atoms with Gasteiger partial charge >= 0.3 is 5.97 Å². The highest BCUT2D eigenvalue weighted by Crippen LogP contribution is 2.12. The molecule has 27 heavy (non-hydrogen) atoms. The summed E-state index contributed by atoms with van der Waals surface area (Å²) in [6.45, 7) is 5.82. The van der Waals surface area contributed by atoms with Gasteiger partial charge in [0.25, 0.3) is 0 Å². The maximum atomic E-state index is 12.6. The molecule has 148 valence electrons. The predicted octanol–water partition coefficient (Wildman–Crippen LogP) is 1.03. The molecule has 1 unspecified atom stereocenters. The third-order valence-corrected chi connectivity index (χ3v) is 4.41. The van der Waals surface area contributed by atoms with Crippen molar-refractivity contribution in [2.75, 3.05) is 33.3 Å². The Balaban J connectivity index is 1.93. The van der Waals surface area contributed by atoms with Crippen molar-refractivity contribution in [1.29, 1.82) is 0 Å². The number of piperazine rings is 1. The molecule has 0 bridgehead atoms. The molecule has 1 saturated heterocycles. The van der Waals surface area contributed by atoms with Crippen LogP contribution >= 0.6 is 0 Å². The van der Waals surface area contributed by atoms with Crippen LogP contribution in [-0.2, 0) is 25.7 Å². The molecule has 0 saturated carbocycles. The van der Waals surface area contributed by atoms with Crippen LogP contribution < -0.4 is 5.32 Å². The number of esters is 1. The Morgan fingerprint density at radius 1 is 1.30 bits per heavy atom. The van der Waals surface area contributed by atoms with Gasteiger partial charge in [-0.15, -0.1) is 0 Å². The summed E-state index contributed by atoms with van der Waals surface area (Å²) in [5.74, 6) is -0.505. The van der Waals surface area contributed by atoms with Crippen LogP contribution in [-0.4, -0.2) is 66.9 Å². The number of carbonyl (C=O) groups is 3. The minimum absolute atomic E-state index is 0.0474. The summed E-state index contributed by atoms with van der Waals surface area (Å²) in [6, 6.07) is 9.05. The summed E-state index contributed by atoms with van der Waals surface area (Å²) < 4.78 is 5.19. The lowest BCUT2D eigenvalue weighted by atomic mass is 10.1. The van der Waals surface area contributed by atoms with Crippen molar-refractivity contribution in [2.24, 2.45) is 5.92 Å². The maximum Gasteiger partial charge on any atom is 0.307 e. The van der Waals surface area contributed by atoms with Crippen LogP contribution in [0.1, 0.15) is 25.8 Å². The Labute approximate surface area is 160 Å². The van der Waals surface area contributed by atoms with Crippen LogP contribution in [0.25, 0.3) is 0 Å². The fraction of sp³-hybridized carbons (Fsp3) is 0.550. The largest absolute Gasteiger partial charge is 0.465 e. The van der Waals surface area contributed by atoms with Gasteiger partial charge in [-0.25, -0.2) is 0 Å². The van der Waals surface area contributed by atoms with Gasteiger partial charge in [0, 0.05) is 26.7 Å². The Bertz CT molecular complexity index is 648. The van der Waals surface area contributed by atoms with Crippen molar-refractivity contribution < 1.29 is 19.1 Å². The van der Waals surface area contributed by atoms with Gasteiger partial charge in [0.05, 0.1) is 19.6 Å². The minimum Gasteiger partial charge on any atom is -0.465 e. The molecule has 7 heteroatoms. The van der Waals surface area contributed by atoms with Crippen molar-refractivity contribution in [3.05, 3.63) is 35.9 Å². The average molecular weight is 375 g/mol. The van der Waals surface area contributed by atoms with Gasteiger partial charge in [0.15, 0.2) is 0 Å². The SMILES string of the molecule is CC(C)COC(=O)CC1C(=O)NCCN1CC(=O)N(C)Cc1ccccc1. The first-order chi connectivity index (χ1) is 12.9. The fourth-order valence-corrected chi connectivity index (χ4v) is 2.89. The predicted molar refractivity (Wildman–Crippen MR) is 102 cm³/mol. The zero-order valence-electron chi connectivity index (χ0n) is 16.3. The van der Waals surface area contributed by atoms with E-state index in [4.69, 9.17) is 4.74 Å². The molecule has 1 aliphatic heterocycles. The molecule has 0 aliphatic carbocycles. The van der Waals surface area contributed by atoms with E-state index in [1.165, 1.54) is 0 Å². The summed E-state index contributed by atoms with van der Waals surface area (Å²) in [6.07, 6.45) is -0.0474. The molecule has 2 amide bonds. The molecule has 1 aliphatic rings. The summed E-state index contributed by atoms with van der Waals surface area (Å²) in [7, 11) is 1.74. The van der Waals surface area contributed by atoms with Crippen molar-refractivity contribution in [1.82, 2.24) is 15.1 Å². The van der Waals surface area contributed by atoms with Gasteiger partial charge in [-0.05, 0) is 11.5 Å². The van der Waals surface area contributed by atoms with Crippen LogP contribution in [0, 0.1) is 5.92 Å². The van der Waals surface area contributed by atoms with Crippen LogP contribution in [0.15, 0.2) is 30.3 Å². The Hall–Kier alpha value is -2.41. The van der Waals surface area contributed by atoms with Gasteiger partial charge in [0.1, 0.15) is 6.04 Å². The number of ether oxygens (including phenoxy) is 1. The normalized spacial score (nSPS) is 17.5. The number of hydrogen-bond acceptors (Lipinski definition) is 5. The number of nitrogens with one attached hydrogen (secondary N) is 1. The molecule has 0 spiro atoms. The van der Waals surface area contributed by atoms with E-state index in [1.54, 1.807) is 16.8 Å². The number of carbonyl (C=O) groups excluding carboxylic acids is 3. The number of benzene rings is 1. The summed E-state index contributed by atoms with van der Waals surface area (Å²) in [5, 5.41) is 2.76. The lowest BCUT2D eigenvalue weighted by Gasteiger charge is -2.34. The molecule has 1 N–H and O–H groups in total. The summed E-state index contributed by atoms with van der Waals surface area (Å²) in [5.41, 5.74) is 1.04. The number of hydrogen-bond donors (Lipinski definition) is 1. The first-order valence-corrected chi connectivity index (χ1v) is 9.32.